The maximum Gasteiger partial charge on any atom is 0.434 e. The second-order valence-corrected chi connectivity index (χ2v) is 6.47. The molecule has 26 heavy (non-hydrogen) atoms. The highest BCUT2D eigenvalue weighted by molar-refractivity contribution is 5.95. The minimum Gasteiger partial charge on any atom is -0.337 e. The number of alkyl halides is 3. The predicted molar refractivity (Wildman–Crippen MR) is 94.0 cm³/mol. The molecule has 0 saturated carbocycles. The van der Waals surface area contributed by atoms with Gasteiger partial charge in [0.15, 0.2) is 5.69 Å². The molecule has 0 N–H and O–H groups in total. The molecule has 1 aromatic heterocycles. The number of piperazine rings is 1. The number of nitrogens with zero attached hydrogens (tertiary/aromatic N) is 4. The number of hydrogen-bond donors (Lipinski definition) is 0. The molecule has 1 aliphatic heterocycles. The summed E-state index contributed by atoms with van der Waals surface area (Å²) in [6, 6.07) is 2.58. The van der Waals surface area contributed by atoms with Crippen molar-refractivity contribution in [3.05, 3.63) is 29.6 Å². The topological polar surface area (TPSA) is 39.7 Å². The summed E-state index contributed by atoms with van der Waals surface area (Å²) in [4.78, 5) is 22.3. The third kappa shape index (κ3) is 5.41. The van der Waals surface area contributed by atoms with Gasteiger partial charge < -0.3 is 9.80 Å². The van der Waals surface area contributed by atoms with Crippen LogP contribution in [0.2, 0.25) is 0 Å². The molecule has 0 unspecified atom stereocenters. The minimum atomic E-state index is -4.64. The van der Waals surface area contributed by atoms with Gasteiger partial charge in [0.05, 0.1) is 5.56 Å². The van der Waals surface area contributed by atoms with Crippen LogP contribution < -0.4 is 0 Å². The van der Waals surface area contributed by atoms with Gasteiger partial charge >= 0.3 is 6.18 Å². The van der Waals surface area contributed by atoms with E-state index in [1.165, 1.54) is 17.0 Å². The fraction of sp³-hybridized carbons (Fsp3) is 0.667. The van der Waals surface area contributed by atoms with Crippen molar-refractivity contribution >= 4 is 5.91 Å². The second-order valence-electron chi connectivity index (χ2n) is 6.47. The molecule has 2 heterocycles. The average Bonchev–Trinajstić information content (AvgIpc) is 2.64. The van der Waals surface area contributed by atoms with E-state index in [4.69, 9.17) is 0 Å². The number of rotatable bonds is 7. The Hall–Kier alpha value is -1.67. The largest absolute Gasteiger partial charge is 0.434 e. The van der Waals surface area contributed by atoms with Crippen LogP contribution in [0.15, 0.2) is 18.3 Å². The maximum atomic E-state index is 13.2. The number of pyridine rings is 1. The Morgan fingerprint density at radius 2 is 1.81 bits per heavy atom. The van der Waals surface area contributed by atoms with Crippen LogP contribution in [-0.4, -0.2) is 77.9 Å². The van der Waals surface area contributed by atoms with Crippen molar-refractivity contribution in [1.82, 2.24) is 19.7 Å². The molecule has 0 aliphatic carbocycles. The number of carbonyl (C=O) groups excluding carboxylic acids is 1. The molecule has 0 bridgehead atoms. The van der Waals surface area contributed by atoms with Crippen molar-refractivity contribution in [1.29, 1.82) is 0 Å². The quantitative estimate of drug-likeness (QED) is 0.738. The van der Waals surface area contributed by atoms with Crippen LogP contribution in [0.4, 0.5) is 13.2 Å². The van der Waals surface area contributed by atoms with Gasteiger partial charge in [-0.15, -0.1) is 0 Å². The molecule has 0 atom stereocenters. The zero-order valence-electron chi connectivity index (χ0n) is 15.4. The summed E-state index contributed by atoms with van der Waals surface area (Å²) in [5.41, 5.74) is -1.48. The Bertz CT molecular complexity index is 586. The first kappa shape index (κ1) is 20.6. The summed E-state index contributed by atoms with van der Waals surface area (Å²) in [6.07, 6.45) is -2.88. The smallest absolute Gasteiger partial charge is 0.337 e. The Labute approximate surface area is 152 Å². The van der Waals surface area contributed by atoms with E-state index in [0.29, 0.717) is 26.1 Å². The fourth-order valence-corrected chi connectivity index (χ4v) is 3.15. The van der Waals surface area contributed by atoms with Crippen LogP contribution >= 0.6 is 0 Å². The van der Waals surface area contributed by atoms with Gasteiger partial charge in [-0.05, 0) is 25.1 Å². The highest BCUT2D eigenvalue weighted by Gasteiger charge is 2.37. The molecule has 8 heteroatoms. The first-order valence-electron chi connectivity index (χ1n) is 9.13. The first-order valence-corrected chi connectivity index (χ1v) is 9.13. The lowest BCUT2D eigenvalue weighted by Gasteiger charge is -2.35. The number of likely N-dealkylation sites (N-methyl/N-ethyl adjacent to an activating group) is 1. The normalized spacial score (nSPS) is 16.7. The van der Waals surface area contributed by atoms with E-state index in [-0.39, 0.29) is 5.56 Å². The molecular formula is C18H27F3N4O. The van der Waals surface area contributed by atoms with E-state index in [1.807, 2.05) is 6.92 Å². The van der Waals surface area contributed by atoms with E-state index >= 15 is 0 Å². The van der Waals surface area contributed by atoms with E-state index in [9.17, 15) is 18.0 Å². The van der Waals surface area contributed by atoms with Gasteiger partial charge in [0.2, 0.25) is 0 Å². The van der Waals surface area contributed by atoms with E-state index in [1.54, 1.807) is 0 Å². The Morgan fingerprint density at radius 1 is 1.15 bits per heavy atom. The van der Waals surface area contributed by atoms with Crippen molar-refractivity contribution < 1.29 is 18.0 Å². The van der Waals surface area contributed by atoms with Gasteiger partial charge in [-0.3, -0.25) is 14.7 Å². The molecule has 0 radical (unpaired) electrons. The van der Waals surface area contributed by atoms with Crippen molar-refractivity contribution in [2.24, 2.45) is 0 Å². The Morgan fingerprint density at radius 3 is 2.38 bits per heavy atom. The van der Waals surface area contributed by atoms with Crippen LogP contribution in [0, 0.1) is 0 Å². The van der Waals surface area contributed by atoms with Crippen LogP contribution in [0.1, 0.15) is 36.3 Å². The maximum absolute atomic E-state index is 13.2. The molecule has 1 amide bonds. The van der Waals surface area contributed by atoms with Crippen molar-refractivity contribution in [2.75, 3.05) is 52.4 Å². The standard InChI is InChI=1S/C18H27F3N4O/c1-3-8-25(14-13-24-11-9-23(4-2)10-12-24)17(26)15-6-5-7-22-16(15)18(19,20)21/h5-7H,3-4,8-14H2,1-2H3. The number of amides is 1. The van der Waals surface area contributed by atoms with E-state index in [2.05, 4.69) is 21.7 Å². The second kappa shape index (κ2) is 9.32. The molecular weight excluding hydrogens is 345 g/mol. The van der Waals surface area contributed by atoms with Gasteiger partial charge in [-0.1, -0.05) is 13.8 Å². The lowest BCUT2D eigenvalue weighted by atomic mass is 10.1. The fourth-order valence-electron chi connectivity index (χ4n) is 3.15. The molecule has 1 fully saturated rings. The van der Waals surface area contributed by atoms with E-state index < -0.39 is 17.8 Å². The van der Waals surface area contributed by atoms with Crippen LogP contribution in [0.25, 0.3) is 0 Å². The number of aromatic nitrogens is 1. The molecule has 0 spiro atoms. The molecule has 1 aromatic rings. The molecule has 146 valence electrons. The van der Waals surface area contributed by atoms with Crippen molar-refractivity contribution in [3.63, 3.8) is 0 Å². The summed E-state index contributed by atoms with van der Waals surface area (Å²) in [7, 11) is 0. The lowest BCUT2D eigenvalue weighted by Crippen LogP contribution is -2.49. The summed E-state index contributed by atoms with van der Waals surface area (Å²) >= 11 is 0. The molecule has 1 saturated heterocycles. The molecule has 1 aliphatic rings. The van der Waals surface area contributed by atoms with Gasteiger partial charge in [0.25, 0.3) is 5.91 Å². The van der Waals surface area contributed by atoms with Gasteiger partial charge in [0, 0.05) is 52.0 Å². The Kier molecular flexibility index (Phi) is 7.40. The highest BCUT2D eigenvalue weighted by Crippen LogP contribution is 2.30. The summed E-state index contributed by atoms with van der Waals surface area (Å²) in [5.74, 6) is -0.598. The third-order valence-electron chi connectivity index (χ3n) is 4.69. The summed E-state index contributed by atoms with van der Waals surface area (Å²) in [6.45, 7) is 10.4. The number of hydrogen-bond acceptors (Lipinski definition) is 4. The number of carbonyl (C=O) groups is 1. The first-order chi connectivity index (χ1) is 12.4. The number of halogens is 3. The molecule has 2 rings (SSSR count). The lowest BCUT2D eigenvalue weighted by molar-refractivity contribution is -0.141. The average molecular weight is 372 g/mol. The minimum absolute atomic E-state index is 0.371. The van der Waals surface area contributed by atoms with Crippen molar-refractivity contribution in [3.8, 4) is 0 Å². The monoisotopic (exact) mass is 372 g/mol. The third-order valence-corrected chi connectivity index (χ3v) is 4.69. The zero-order valence-corrected chi connectivity index (χ0v) is 15.4. The predicted octanol–water partition coefficient (Wildman–Crippen LogP) is 2.59. The van der Waals surface area contributed by atoms with Gasteiger partial charge in [-0.2, -0.15) is 13.2 Å². The van der Waals surface area contributed by atoms with Crippen LogP contribution in [-0.2, 0) is 6.18 Å². The molecule has 0 aromatic carbocycles. The zero-order chi connectivity index (χ0) is 19.2. The van der Waals surface area contributed by atoms with Crippen LogP contribution in [0.5, 0.6) is 0 Å². The Balaban J connectivity index is 2.04. The van der Waals surface area contributed by atoms with Crippen LogP contribution in [0.3, 0.4) is 0 Å². The van der Waals surface area contributed by atoms with Gasteiger partial charge in [-0.25, -0.2) is 0 Å². The SMILES string of the molecule is CCCN(CCN1CCN(CC)CC1)C(=O)c1cccnc1C(F)(F)F. The summed E-state index contributed by atoms with van der Waals surface area (Å²) in [5, 5.41) is 0. The van der Waals surface area contributed by atoms with Crippen molar-refractivity contribution in [2.45, 2.75) is 26.4 Å². The highest BCUT2D eigenvalue weighted by atomic mass is 19.4. The summed E-state index contributed by atoms with van der Waals surface area (Å²) < 4.78 is 39.5. The van der Waals surface area contributed by atoms with Gasteiger partial charge in [0.1, 0.15) is 0 Å². The molecule has 5 nitrogen and oxygen atoms in total. The van der Waals surface area contributed by atoms with E-state index in [0.717, 1.165) is 38.9 Å².